The quantitative estimate of drug-likeness (QED) is 0.675. The largest absolute Gasteiger partial charge is 0.368 e. The number of nitrogens with one attached hydrogen (secondary N) is 1. The maximum absolute atomic E-state index is 11.3. The summed E-state index contributed by atoms with van der Waals surface area (Å²) in [5.41, 5.74) is 5.38. The van der Waals surface area contributed by atoms with Gasteiger partial charge in [0.05, 0.1) is 6.10 Å². The highest BCUT2D eigenvalue weighted by atomic mass is 16.5. The maximum atomic E-state index is 11.3. The zero-order chi connectivity index (χ0) is 10.4. The van der Waals surface area contributed by atoms with Crippen LogP contribution in [-0.2, 0) is 9.53 Å². The number of carbonyl (C=O) groups is 1. The average Bonchev–Trinajstić information content (AvgIpc) is 2.67. The molecule has 0 aromatic rings. The molecule has 4 heteroatoms. The number of nitrogens with two attached hydrogens (primary N) is 1. The summed E-state index contributed by atoms with van der Waals surface area (Å²) in [5, 5.41) is 2.76. The van der Waals surface area contributed by atoms with Gasteiger partial charge in [-0.1, -0.05) is 12.8 Å². The third-order valence-corrected chi connectivity index (χ3v) is 2.51. The summed E-state index contributed by atoms with van der Waals surface area (Å²) in [6, 6.07) is 0.0367. The molecular weight excluding hydrogens is 180 g/mol. The molecule has 0 spiro atoms. The van der Waals surface area contributed by atoms with E-state index < -0.39 is 0 Å². The summed E-state index contributed by atoms with van der Waals surface area (Å²) in [6.45, 7) is 2.53. The number of hydrogen-bond acceptors (Lipinski definition) is 3. The molecule has 0 aromatic heterocycles. The molecule has 0 saturated heterocycles. The molecule has 0 aromatic carbocycles. The molecule has 0 heterocycles. The lowest BCUT2D eigenvalue weighted by molar-refractivity contribution is -0.128. The molecule has 1 aliphatic rings. The molecule has 82 valence electrons. The number of rotatable bonds is 5. The van der Waals surface area contributed by atoms with E-state index in [4.69, 9.17) is 10.5 Å². The molecule has 1 amide bonds. The van der Waals surface area contributed by atoms with Gasteiger partial charge in [0.2, 0.25) is 5.91 Å². The normalized spacial score (nSPS) is 19.6. The van der Waals surface area contributed by atoms with Crippen LogP contribution in [0.3, 0.4) is 0 Å². The lowest BCUT2D eigenvalue weighted by Gasteiger charge is -2.13. The summed E-state index contributed by atoms with van der Waals surface area (Å²) >= 11 is 0. The van der Waals surface area contributed by atoms with E-state index in [0.29, 0.717) is 12.6 Å². The lowest BCUT2D eigenvalue weighted by Crippen LogP contribution is -2.40. The van der Waals surface area contributed by atoms with Gasteiger partial charge >= 0.3 is 0 Å². The number of ether oxygens (including phenoxy) is 1. The van der Waals surface area contributed by atoms with Crippen LogP contribution in [0.4, 0.5) is 0 Å². The Bertz CT molecular complexity index is 179. The minimum Gasteiger partial charge on any atom is -0.368 e. The molecule has 0 unspecified atom stereocenters. The van der Waals surface area contributed by atoms with E-state index >= 15 is 0 Å². The van der Waals surface area contributed by atoms with Crippen LogP contribution in [-0.4, -0.2) is 31.2 Å². The first-order valence-electron chi connectivity index (χ1n) is 5.33. The fraction of sp³-hybridized carbons (Fsp3) is 0.900. The fourth-order valence-corrected chi connectivity index (χ4v) is 1.62. The van der Waals surface area contributed by atoms with E-state index in [-0.39, 0.29) is 18.6 Å². The van der Waals surface area contributed by atoms with Gasteiger partial charge < -0.3 is 15.8 Å². The second-order valence-electron chi connectivity index (χ2n) is 3.92. The monoisotopic (exact) mass is 200 g/mol. The minimum atomic E-state index is -0.0603. The molecule has 1 aliphatic carbocycles. The van der Waals surface area contributed by atoms with Crippen molar-refractivity contribution in [2.75, 3.05) is 13.2 Å². The van der Waals surface area contributed by atoms with Crippen molar-refractivity contribution >= 4 is 5.91 Å². The predicted molar refractivity (Wildman–Crippen MR) is 54.9 cm³/mol. The second kappa shape index (κ2) is 5.98. The van der Waals surface area contributed by atoms with Gasteiger partial charge in [-0.25, -0.2) is 0 Å². The van der Waals surface area contributed by atoms with Crippen molar-refractivity contribution in [3.05, 3.63) is 0 Å². The summed E-state index contributed by atoms with van der Waals surface area (Å²) in [7, 11) is 0. The molecule has 1 atom stereocenters. The Morgan fingerprint density at radius 1 is 1.57 bits per heavy atom. The van der Waals surface area contributed by atoms with Crippen LogP contribution in [0.15, 0.2) is 0 Å². The highest BCUT2D eigenvalue weighted by molar-refractivity contribution is 5.77. The topological polar surface area (TPSA) is 64.3 Å². The molecule has 4 nitrogen and oxygen atoms in total. The first-order valence-corrected chi connectivity index (χ1v) is 5.33. The number of carbonyl (C=O) groups excluding carboxylic acids is 1. The molecule has 1 rings (SSSR count). The van der Waals surface area contributed by atoms with Crippen molar-refractivity contribution < 1.29 is 9.53 Å². The van der Waals surface area contributed by atoms with Crippen LogP contribution in [0.25, 0.3) is 0 Å². The zero-order valence-corrected chi connectivity index (χ0v) is 8.79. The first-order chi connectivity index (χ1) is 6.72. The average molecular weight is 200 g/mol. The van der Waals surface area contributed by atoms with E-state index in [0.717, 1.165) is 12.8 Å². The third-order valence-electron chi connectivity index (χ3n) is 2.51. The van der Waals surface area contributed by atoms with Crippen molar-refractivity contribution in [3.63, 3.8) is 0 Å². The molecule has 3 N–H and O–H groups in total. The smallest absolute Gasteiger partial charge is 0.246 e. The standard InChI is InChI=1S/C10H20N2O2/c1-8(6-11)12-10(13)7-14-9-4-2-3-5-9/h8-9H,2-7,11H2,1H3,(H,12,13)/t8-/m1/s1. The Labute approximate surface area is 85.2 Å². The molecular formula is C10H20N2O2. The molecule has 0 aliphatic heterocycles. The van der Waals surface area contributed by atoms with Crippen molar-refractivity contribution in [2.24, 2.45) is 5.73 Å². The molecule has 1 fully saturated rings. The Morgan fingerprint density at radius 2 is 2.21 bits per heavy atom. The van der Waals surface area contributed by atoms with Gasteiger partial charge in [-0.05, 0) is 19.8 Å². The summed E-state index contributed by atoms with van der Waals surface area (Å²) in [5.74, 6) is -0.0603. The third kappa shape index (κ3) is 4.07. The molecule has 0 radical (unpaired) electrons. The molecule has 1 saturated carbocycles. The van der Waals surface area contributed by atoms with E-state index in [1.807, 2.05) is 6.92 Å². The minimum absolute atomic E-state index is 0.0367. The Balaban J connectivity index is 2.08. The highest BCUT2D eigenvalue weighted by Gasteiger charge is 2.16. The van der Waals surface area contributed by atoms with E-state index in [9.17, 15) is 4.79 Å². The zero-order valence-electron chi connectivity index (χ0n) is 8.79. The van der Waals surface area contributed by atoms with Crippen LogP contribution in [0.5, 0.6) is 0 Å². The van der Waals surface area contributed by atoms with Crippen molar-refractivity contribution in [1.29, 1.82) is 0 Å². The summed E-state index contributed by atoms with van der Waals surface area (Å²) < 4.78 is 5.46. The van der Waals surface area contributed by atoms with E-state index in [2.05, 4.69) is 5.32 Å². The van der Waals surface area contributed by atoms with Gasteiger partial charge in [0.1, 0.15) is 6.61 Å². The van der Waals surface area contributed by atoms with Crippen LogP contribution in [0.1, 0.15) is 32.6 Å². The predicted octanol–water partition coefficient (Wildman–Crippen LogP) is 0.409. The van der Waals surface area contributed by atoms with E-state index in [1.54, 1.807) is 0 Å². The number of hydrogen-bond donors (Lipinski definition) is 2. The summed E-state index contributed by atoms with van der Waals surface area (Å²) in [6.07, 6.45) is 4.95. The van der Waals surface area contributed by atoms with Crippen LogP contribution in [0, 0.1) is 0 Å². The van der Waals surface area contributed by atoms with Gasteiger partial charge in [-0.3, -0.25) is 4.79 Å². The van der Waals surface area contributed by atoms with Gasteiger partial charge in [0.25, 0.3) is 0 Å². The highest BCUT2D eigenvalue weighted by Crippen LogP contribution is 2.20. The molecule has 0 bridgehead atoms. The SMILES string of the molecule is C[C@H](CN)NC(=O)COC1CCCC1. The van der Waals surface area contributed by atoms with Crippen LogP contribution >= 0.6 is 0 Å². The Kier molecular flexibility index (Phi) is 4.90. The molecule has 14 heavy (non-hydrogen) atoms. The van der Waals surface area contributed by atoms with Gasteiger partial charge in [-0.2, -0.15) is 0 Å². The second-order valence-corrected chi connectivity index (χ2v) is 3.92. The van der Waals surface area contributed by atoms with Crippen molar-refractivity contribution in [3.8, 4) is 0 Å². The van der Waals surface area contributed by atoms with Crippen molar-refractivity contribution in [1.82, 2.24) is 5.32 Å². The summed E-state index contributed by atoms with van der Waals surface area (Å²) in [4.78, 5) is 11.3. The van der Waals surface area contributed by atoms with Crippen LogP contribution < -0.4 is 11.1 Å². The van der Waals surface area contributed by atoms with Gasteiger partial charge in [0.15, 0.2) is 0 Å². The Morgan fingerprint density at radius 3 is 2.79 bits per heavy atom. The van der Waals surface area contributed by atoms with Gasteiger partial charge in [-0.15, -0.1) is 0 Å². The maximum Gasteiger partial charge on any atom is 0.246 e. The van der Waals surface area contributed by atoms with E-state index in [1.165, 1.54) is 12.8 Å². The van der Waals surface area contributed by atoms with Gasteiger partial charge in [0, 0.05) is 12.6 Å². The Hall–Kier alpha value is -0.610. The van der Waals surface area contributed by atoms with Crippen molar-refractivity contribution in [2.45, 2.75) is 44.8 Å². The number of amides is 1. The fourth-order valence-electron chi connectivity index (χ4n) is 1.62. The van der Waals surface area contributed by atoms with Crippen LogP contribution in [0.2, 0.25) is 0 Å². The first kappa shape index (κ1) is 11.5. The lowest BCUT2D eigenvalue weighted by atomic mass is 10.3.